The van der Waals surface area contributed by atoms with E-state index in [1.807, 2.05) is 24.3 Å². The third-order valence-corrected chi connectivity index (χ3v) is 6.45. The third kappa shape index (κ3) is 3.84. The van der Waals surface area contributed by atoms with E-state index in [4.69, 9.17) is 0 Å². The molecule has 0 unspecified atom stereocenters. The fourth-order valence-corrected chi connectivity index (χ4v) is 4.77. The first-order chi connectivity index (χ1) is 13.2. The van der Waals surface area contributed by atoms with Crippen molar-refractivity contribution in [2.75, 3.05) is 5.75 Å². The molecule has 0 heterocycles. The van der Waals surface area contributed by atoms with Crippen molar-refractivity contribution >= 4 is 39.8 Å². The molecule has 0 radical (unpaired) electrons. The fraction of sp³-hybridized carbons (Fsp3) is 0.0909. The van der Waals surface area contributed by atoms with E-state index in [2.05, 4.69) is 75.0 Å². The molecule has 3 aromatic rings. The zero-order chi connectivity index (χ0) is 18.6. The number of fused-ring (bicyclic) bond motifs is 3. The van der Waals surface area contributed by atoms with Crippen LogP contribution in [0.1, 0.15) is 21.9 Å². The number of carbonyl (C=O) groups excluding carboxylic acids is 1. The highest BCUT2D eigenvalue weighted by Gasteiger charge is 2.28. The molecular weight excluding hydrogens is 420 g/mol. The number of thioether (sulfide) groups is 1. The van der Waals surface area contributed by atoms with E-state index < -0.39 is 0 Å². The molecule has 0 aliphatic heterocycles. The number of carbonyl (C=O) groups is 1. The molecule has 0 fully saturated rings. The summed E-state index contributed by atoms with van der Waals surface area (Å²) < 4.78 is 0.941. The molecule has 4 rings (SSSR count). The lowest BCUT2D eigenvalue weighted by molar-refractivity contribution is -0.118. The minimum atomic E-state index is -0.106. The second kappa shape index (κ2) is 8.11. The summed E-state index contributed by atoms with van der Waals surface area (Å²) in [5, 5.41) is 4.24. The van der Waals surface area contributed by atoms with E-state index in [0.717, 1.165) is 10.0 Å². The Kier molecular flexibility index (Phi) is 5.41. The highest BCUT2D eigenvalue weighted by molar-refractivity contribution is 9.10. The van der Waals surface area contributed by atoms with Gasteiger partial charge in [0.1, 0.15) is 0 Å². The molecule has 3 nitrogen and oxygen atoms in total. The molecule has 0 atom stereocenters. The molecule has 134 valence electrons. The smallest absolute Gasteiger partial charge is 0.250 e. The number of halogens is 1. The van der Waals surface area contributed by atoms with Crippen molar-refractivity contribution in [1.82, 2.24) is 5.43 Å². The minimum Gasteiger partial charge on any atom is -0.272 e. The normalized spacial score (nSPS) is 12.8. The third-order valence-electron chi connectivity index (χ3n) is 4.46. The summed E-state index contributed by atoms with van der Waals surface area (Å²) in [6, 6.07) is 24.6. The Labute approximate surface area is 171 Å². The molecule has 0 saturated carbocycles. The van der Waals surface area contributed by atoms with Crippen LogP contribution in [0.15, 0.2) is 82.4 Å². The van der Waals surface area contributed by atoms with E-state index in [1.54, 1.807) is 18.0 Å². The predicted octanol–water partition coefficient (Wildman–Crippen LogP) is 5.40. The molecule has 0 saturated heterocycles. The predicted molar refractivity (Wildman–Crippen MR) is 116 cm³/mol. The Morgan fingerprint density at radius 3 is 2.22 bits per heavy atom. The van der Waals surface area contributed by atoms with Crippen LogP contribution in [0.4, 0.5) is 0 Å². The van der Waals surface area contributed by atoms with Crippen LogP contribution in [-0.4, -0.2) is 17.9 Å². The van der Waals surface area contributed by atoms with Crippen LogP contribution in [0.5, 0.6) is 0 Å². The van der Waals surface area contributed by atoms with Gasteiger partial charge in [-0.3, -0.25) is 4.79 Å². The van der Waals surface area contributed by atoms with Crippen molar-refractivity contribution in [3.05, 3.63) is 94.0 Å². The Bertz CT molecular complexity index is 973. The summed E-state index contributed by atoms with van der Waals surface area (Å²) in [7, 11) is 0. The second-order valence-corrected chi connectivity index (χ2v) is 8.13. The average molecular weight is 437 g/mol. The van der Waals surface area contributed by atoms with Crippen molar-refractivity contribution in [2.45, 2.75) is 5.25 Å². The van der Waals surface area contributed by atoms with Crippen LogP contribution in [0, 0.1) is 0 Å². The number of hydrogen-bond donors (Lipinski definition) is 1. The summed E-state index contributed by atoms with van der Waals surface area (Å²) in [4.78, 5) is 12.2. The van der Waals surface area contributed by atoms with E-state index in [-0.39, 0.29) is 11.2 Å². The summed E-state index contributed by atoms with van der Waals surface area (Å²) in [6.45, 7) is 0. The number of nitrogens with zero attached hydrogens (tertiary/aromatic N) is 1. The van der Waals surface area contributed by atoms with Crippen molar-refractivity contribution in [3.63, 3.8) is 0 Å². The molecule has 1 amide bonds. The summed E-state index contributed by atoms with van der Waals surface area (Å²) >= 11 is 5.09. The molecule has 1 N–H and O–H groups in total. The van der Waals surface area contributed by atoms with Crippen LogP contribution < -0.4 is 5.43 Å². The maximum atomic E-state index is 12.2. The maximum absolute atomic E-state index is 12.2. The van der Waals surface area contributed by atoms with Gasteiger partial charge in [0.25, 0.3) is 0 Å². The zero-order valence-corrected chi connectivity index (χ0v) is 16.8. The molecule has 1 aliphatic rings. The maximum Gasteiger partial charge on any atom is 0.250 e. The van der Waals surface area contributed by atoms with Gasteiger partial charge in [-0.2, -0.15) is 5.10 Å². The molecule has 0 bridgehead atoms. The molecule has 27 heavy (non-hydrogen) atoms. The number of nitrogens with one attached hydrogen (secondary N) is 1. The van der Waals surface area contributed by atoms with Crippen LogP contribution in [0.3, 0.4) is 0 Å². The quantitative estimate of drug-likeness (QED) is 0.429. The van der Waals surface area contributed by atoms with Crippen molar-refractivity contribution in [1.29, 1.82) is 0 Å². The lowest BCUT2D eigenvalue weighted by Gasteiger charge is -2.12. The van der Waals surface area contributed by atoms with Crippen molar-refractivity contribution < 1.29 is 4.79 Å². The molecule has 5 heteroatoms. The van der Waals surface area contributed by atoms with Gasteiger partial charge in [0, 0.05) is 10.0 Å². The topological polar surface area (TPSA) is 41.5 Å². The highest BCUT2D eigenvalue weighted by atomic mass is 79.9. The largest absolute Gasteiger partial charge is 0.272 e. The SMILES string of the molecule is O=C(CSC1c2ccccc2-c2ccccc21)N/N=C\c1ccccc1Br. The van der Waals surface area contributed by atoms with Gasteiger partial charge in [-0.15, -0.1) is 11.8 Å². The molecule has 0 aromatic heterocycles. The van der Waals surface area contributed by atoms with Crippen LogP contribution in [-0.2, 0) is 4.79 Å². The van der Waals surface area contributed by atoms with Crippen molar-refractivity contribution in [2.24, 2.45) is 5.10 Å². The van der Waals surface area contributed by atoms with Crippen LogP contribution >= 0.6 is 27.7 Å². The minimum absolute atomic E-state index is 0.106. The molecule has 0 spiro atoms. The number of rotatable bonds is 5. The first-order valence-corrected chi connectivity index (χ1v) is 10.4. The van der Waals surface area contributed by atoms with Gasteiger partial charge in [-0.25, -0.2) is 5.43 Å². The summed E-state index contributed by atoms with van der Waals surface area (Å²) in [6.07, 6.45) is 1.65. The van der Waals surface area contributed by atoms with Gasteiger partial charge in [-0.05, 0) is 28.3 Å². The van der Waals surface area contributed by atoms with Crippen molar-refractivity contribution in [3.8, 4) is 11.1 Å². The fourth-order valence-electron chi connectivity index (χ4n) is 3.23. The van der Waals surface area contributed by atoms with E-state index in [1.165, 1.54) is 22.3 Å². The number of amides is 1. The number of hydrazone groups is 1. The molecule has 1 aliphatic carbocycles. The van der Waals surface area contributed by atoms with Gasteiger partial charge in [0.15, 0.2) is 0 Å². The molecular formula is C22H17BrN2OS. The van der Waals surface area contributed by atoms with Gasteiger partial charge in [0.05, 0.1) is 17.2 Å². The van der Waals surface area contributed by atoms with E-state index >= 15 is 0 Å². The molecule has 3 aromatic carbocycles. The first-order valence-electron chi connectivity index (χ1n) is 8.60. The van der Waals surface area contributed by atoms with Gasteiger partial charge in [-0.1, -0.05) is 82.7 Å². The van der Waals surface area contributed by atoms with Crippen LogP contribution in [0.25, 0.3) is 11.1 Å². The van der Waals surface area contributed by atoms with Gasteiger partial charge >= 0.3 is 0 Å². The standard InChI is InChI=1S/C22H17BrN2OS/c23-20-12-6-1-7-15(20)13-24-25-21(26)14-27-22-18-10-4-2-8-16(18)17-9-3-5-11-19(17)22/h1-13,22H,14H2,(H,25,26)/b24-13-. The Balaban J connectivity index is 1.42. The summed E-state index contributed by atoms with van der Waals surface area (Å²) in [5.41, 5.74) is 8.61. The number of benzene rings is 3. The monoisotopic (exact) mass is 436 g/mol. The number of hydrogen-bond acceptors (Lipinski definition) is 3. The Morgan fingerprint density at radius 2 is 1.56 bits per heavy atom. The first kappa shape index (κ1) is 18.0. The van der Waals surface area contributed by atoms with E-state index in [0.29, 0.717) is 5.75 Å². The summed E-state index contributed by atoms with van der Waals surface area (Å²) in [5.74, 6) is 0.242. The Morgan fingerprint density at radius 1 is 0.963 bits per heavy atom. The lowest BCUT2D eigenvalue weighted by atomic mass is 10.1. The zero-order valence-electron chi connectivity index (χ0n) is 14.4. The second-order valence-electron chi connectivity index (χ2n) is 6.18. The Hall–Kier alpha value is -2.37. The lowest BCUT2D eigenvalue weighted by Crippen LogP contribution is -2.20. The van der Waals surface area contributed by atoms with E-state index in [9.17, 15) is 4.79 Å². The highest BCUT2D eigenvalue weighted by Crippen LogP contribution is 2.49. The van der Waals surface area contributed by atoms with Gasteiger partial charge in [0.2, 0.25) is 5.91 Å². The van der Waals surface area contributed by atoms with Crippen LogP contribution in [0.2, 0.25) is 0 Å². The van der Waals surface area contributed by atoms with Gasteiger partial charge < -0.3 is 0 Å². The average Bonchev–Trinajstić information content (AvgIpc) is 3.02.